The number of Topliss-reactive ketones (excluding diaryl/α,β-unsaturated/α-hetero) is 1. The summed E-state index contributed by atoms with van der Waals surface area (Å²) in [5.74, 6) is -0.953. The van der Waals surface area contributed by atoms with Crippen LogP contribution in [0.2, 0.25) is 0 Å². The number of carbonyl (C=O) groups is 2. The summed E-state index contributed by atoms with van der Waals surface area (Å²) < 4.78 is 5.53. The molecule has 0 aliphatic carbocycles. The highest BCUT2D eigenvalue weighted by Gasteiger charge is 2.35. The summed E-state index contributed by atoms with van der Waals surface area (Å²) in [5.41, 5.74) is 3.56. The van der Waals surface area contributed by atoms with E-state index in [0.717, 1.165) is 27.5 Å². The third-order valence-electron chi connectivity index (χ3n) is 5.49. The van der Waals surface area contributed by atoms with E-state index in [9.17, 15) is 9.59 Å². The van der Waals surface area contributed by atoms with Crippen LogP contribution in [0.5, 0.6) is 5.75 Å². The Kier molecular flexibility index (Phi) is 4.21. The minimum atomic E-state index is -0.823. The smallest absolute Gasteiger partial charge is 0.322 e. The van der Waals surface area contributed by atoms with Gasteiger partial charge in [0.05, 0.1) is 0 Å². The number of ether oxygens (including phenoxy) is 1. The fourth-order valence-corrected chi connectivity index (χ4v) is 3.95. The zero-order chi connectivity index (χ0) is 19.8. The monoisotopic (exact) mass is 378 g/mol. The topological polar surface area (TPSA) is 43.4 Å². The predicted molar refractivity (Wildman–Crippen MR) is 113 cm³/mol. The van der Waals surface area contributed by atoms with E-state index in [0.29, 0.717) is 17.7 Å². The van der Waals surface area contributed by atoms with E-state index >= 15 is 0 Å². The lowest BCUT2D eigenvalue weighted by molar-refractivity contribution is -0.138. The molecule has 1 aliphatic heterocycles. The van der Waals surface area contributed by atoms with Crippen molar-refractivity contribution in [2.75, 3.05) is 0 Å². The van der Waals surface area contributed by atoms with Crippen LogP contribution < -0.4 is 4.74 Å². The normalized spacial score (nSPS) is 15.6. The summed E-state index contributed by atoms with van der Waals surface area (Å²) in [6, 6.07) is 29.1. The largest absolute Gasteiger partial charge is 0.426 e. The Morgan fingerprint density at radius 1 is 0.759 bits per heavy atom. The first kappa shape index (κ1) is 17.4. The van der Waals surface area contributed by atoms with E-state index in [2.05, 4.69) is 0 Å². The van der Waals surface area contributed by atoms with Crippen molar-refractivity contribution >= 4 is 22.5 Å². The van der Waals surface area contributed by atoms with Crippen LogP contribution in [0.4, 0.5) is 0 Å². The van der Waals surface area contributed by atoms with E-state index in [1.54, 1.807) is 12.1 Å². The standard InChI is InChI=1S/C26H18O3/c27-25(20-12-10-18(11-13-20)17-6-2-1-3-7-17)23-16-22-21-9-5-4-8-19(21)14-15-24(22)29-26(23)28/h1-15,23H,16H2. The van der Waals surface area contributed by atoms with Gasteiger partial charge in [-0.3, -0.25) is 9.59 Å². The van der Waals surface area contributed by atoms with Crippen molar-refractivity contribution in [1.29, 1.82) is 0 Å². The van der Waals surface area contributed by atoms with Crippen molar-refractivity contribution in [2.45, 2.75) is 6.42 Å². The second-order valence-corrected chi connectivity index (χ2v) is 7.25. The molecule has 1 atom stereocenters. The molecule has 0 spiro atoms. The third-order valence-corrected chi connectivity index (χ3v) is 5.49. The Balaban J connectivity index is 1.46. The van der Waals surface area contributed by atoms with Crippen molar-refractivity contribution < 1.29 is 14.3 Å². The van der Waals surface area contributed by atoms with Gasteiger partial charge in [0.25, 0.3) is 0 Å². The molecule has 1 aliphatic rings. The van der Waals surface area contributed by atoms with Gasteiger partial charge in [0.1, 0.15) is 11.7 Å². The first-order chi connectivity index (χ1) is 14.2. The van der Waals surface area contributed by atoms with E-state index in [4.69, 9.17) is 4.74 Å². The minimum Gasteiger partial charge on any atom is -0.426 e. The average Bonchev–Trinajstić information content (AvgIpc) is 2.79. The third kappa shape index (κ3) is 3.11. The van der Waals surface area contributed by atoms with Gasteiger partial charge in [-0.1, -0.05) is 84.9 Å². The van der Waals surface area contributed by atoms with E-state index in [1.807, 2.05) is 78.9 Å². The van der Waals surface area contributed by atoms with Gasteiger partial charge in [-0.15, -0.1) is 0 Å². The van der Waals surface area contributed by atoms with Gasteiger partial charge in [-0.2, -0.15) is 0 Å². The van der Waals surface area contributed by atoms with Crippen LogP contribution in [0.25, 0.3) is 21.9 Å². The molecule has 5 rings (SSSR count). The molecule has 0 amide bonds. The molecule has 0 radical (unpaired) electrons. The van der Waals surface area contributed by atoms with Crippen LogP contribution in [0.1, 0.15) is 15.9 Å². The second kappa shape index (κ2) is 7.02. The molecule has 1 heterocycles. The van der Waals surface area contributed by atoms with Gasteiger partial charge >= 0.3 is 5.97 Å². The number of esters is 1. The van der Waals surface area contributed by atoms with Crippen LogP contribution in [-0.4, -0.2) is 11.8 Å². The second-order valence-electron chi connectivity index (χ2n) is 7.25. The fourth-order valence-electron chi connectivity index (χ4n) is 3.95. The Morgan fingerprint density at radius 2 is 1.45 bits per heavy atom. The van der Waals surface area contributed by atoms with Crippen molar-refractivity contribution in [3.05, 3.63) is 102 Å². The molecule has 3 nitrogen and oxygen atoms in total. The highest BCUT2D eigenvalue weighted by Crippen LogP contribution is 2.35. The molecule has 0 saturated carbocycles. The SMILES string of the molecule is O=C1Oc2ccc3ccccc3c2CC1C(=O)c1ccc(-c2ccccc2)cc1. The molecule has 0 aromatic heterocycles. The van der Waals surface area contributed by atoms with Gasteiger partial charge < -0.3 is 4.74 Å². The van der Waals surface area contributed by atoms with Gasteiger partial charge in [-0.05, 0) is 34.4 Å². The number of rotatable bonds is 3. The van der Waals surface area contributed by atoms with Crippen LogP contribution in [-0.2, 0) is 11.2 Å². The number of hydrogen-bond donors (Lipinski definition) is 0. The lowest BCUT2D eigenvalue weighted by Gasteiger charge is -2.24. The zero-order valence-electron chi connectivity index (χ0n) is 15.7. The molecular weight excluding hydrogens is 360 g/mol. The van der Waals surface area contributed by atoms with Gasteiger partial charge in [-0.25, -0.2) is 0 Å². The van der Waals surface area contributed by atoms with Crippen LogP contribution in [0, 0.1) is 5.92 Å². The van der Waals surface area contributed by atoms with E-state index < -0.39 is 11.9 Å². The first-order valence-corrected chi connectivity index (χ1v) is 9.63. The quantitative estimate of drug-likeness (QED) is 0.206. The molecule has 140 valence electrons. The molecule has 0 bridgehead atoms. The number of fused-ring (bicyclic) bond motifs is 3. The Bertz CT molecular complexity index is 1220. The average molecular weight is 378 g/mol. The van der Waals surface area contributed by atoms with Crippen molar-refractivity contribution in [1.82, 2.24) is 0 Å². The maximum absolute atomic E-state index is 13.1. The van der Waals surface area contributed by atoms with Gasteiger partial charge in [0, 0.05) is 11.1 Å². The van der Waals surface area contributed by atoms with Crippen LogP contribution >= 0.6 is 0 Å². The zero-order valence-corrected chi connectivity index (χ0v) is 15.7. The van der Waals surface area contributed by atoms with Gasteiger partial charge in [0.2, 0.25) is 0 Å². The minimum absolute atomic E-state index is 0.201. The van der Waals surface area contributed by atoms with Crippen LogP contribution in [0.3, 0.4) is 0 Å². The molecule has 4 aromatic carbocycles. The summed E-state index contributed by atoms with van der Waals surface area (Å²) in [6.07, 6.45) is 0.356. The maximum atomic E-state index is 13.1. The molecular formula is C26H18O3. The number of hydrogen-bond acceptors (Lipinski definition) is 3. The summed E-state index contributed by atoms with van der Waals surface area (Å²) in [6.45, 7) is 0. The molecule has 3 heteroatoms. The molecule has 0 fully saturated rings. The first-order valence-electron chi connectivity index (χ1n) is 9.63. The van der Waals surface area contributed by atoms with Crippen molar-refractivity contribution in [3.8, 4) is 16.9 Å². The highest BCUT2D eigenvalue weighted by atomic mass is 16.5. The Labute approximate surface area is 168 Å². The van der Waals surface area contributed by atoms with E-state index in [-0.39, 0.29) is 5.78 Å². The predicted octanol–water partition coefficient (Wildman–Crippen LogP) is 5.47. The maximum Gasteiger partial charge on any atom is 0.322 e. The lowest BCUT2D eigenvalue weighted by atomic mass is 9.86. The lowest BCUT2D eigenvalue weighted by Crippen LogP contribution is -2.34. The highest BCUT2D eigenvalue weighted by molar-refractivity contribution is 6.10. The van der Waals surface area contributed by atoms with Crippen molar-refractivity contribution in [2.24, 2.45) is 5.92 Å². The molecule has 4 aromatic rings. The van der Waals surface area contributed by atoms with Crippen LogP contribution in [0.15, 0.2) is 91.0 Å². The van der Waals surface area contributed by atoms with E-state index in [1.165, 1.54) is 0 Å². The summed E-state index contributed by atoms with van der Waals surface area (Å²) in [7, 11) is 0. The Morgan fingerprint density at radius 3 is 2.24 bits per heavy atom. The molecule has 29 heavy (non-hydrogen) atoms. The fraction of sp³-hybridized carbons (Fsp3) is 0.0769. The number of carbonyl (C=O) groups excluding carboxylic acids is 2. The number of benzene rings is 4. The van der Waals surface area contributed by atoms with Gasteiger partial charge in [0.15, 0.2) is 5.78 Å². The Hall–Kier alpha value is -3.72. The number of ketones is 1. The molecule has 1 unspecified atom stereocenters. The molecule has 0 saturated heterocycles. The summed E-state index contributed by atoms with van der Waals surface area (Å²) >= 11 is 0. The van der Waals surface area contributed by atoms with Crippen molar-refractivity contribution in [3.63, 3.8) is 0 Å². The summed E-state index contributed by atoms with van der Waals surface area (Å²) in [5, 5.41) is 2.09. The molecule has 0 N–H and O–H groups in total. The summed E-state index contributed by atoms with van der Waals surface area (Å²) in [4.78, 5) is 25.7.